The molecule has 2 rings (SSSR count). The van der Waals surface area contributed by atoms with Gasteiger partial charge in [0.1, 0.15) is 16.7 Å². The van der Waals surface area contributed by atoms with E-state index in [1.807, 2.05) is 49.0 Å². The molecule has 0 spiro atoms. The lowest BCUT2D eigenvalue weighted by atomic mass is 10.2. The number of benzene rings is 1. The fourth-order valence-corrected chi connectivity index (χ4v) is 2.01. The quantitative estimate of drug-likeness (QED) is 0.902. The van der Waals surface area contributed by atoms with Gasteiger partial charge in [-0.15, -0.1) is 0 Å². The summed E-state index contributed by atoms with van der Waals surface area (Å²) >= 11 is 6.31. The predicted octanol–water partition coefficient (Wildman–Crippen LogP) is 2.50. The van der Waals surface area contributed by atoms with Crippen molar-refractivity contribution in [2.24, 2.45) is 7.05 Å². The Morgan fingerprint density at radius 3 is 2.65 bits per heavy atom. The molecule has 17 heavy (non-hydrogen) atoms. The number of rotatable bonds is 4. The van der Waals surface area contributed by atoms with Crippen LogP contribution in [0.3, 0.4) is 0 Å². The molecule has 4 heteroatoms. The average molecular weight is 250 g/mol. The van der Waals surface area contributed by atoms with E-state index in [2.05, 4.69) is 10.3 Å². The highest BCUT2D eigenvalue weighted by molar-refractivity contribution is 6.32. The minimum Gasteiger partial charge on any atom is -0.322 e. The van der Waals surface area contributed by atoms with E-state index in [1.165, 1.54) is 0 Å². The van der Waals surface area contributed by atoms with Crippen molar-refractivity contribution in [2.75, 3.05) is 13.6 Å². The number of hydrogen-bond donors (Lipinski definition) is 1. The second kappa shape index (κ2) is 5.34. The molecule has 0 atom stereocenters. The Morgan fingerprint density at radius 2 is 2.00 bits per heavy atom. The number of halogens is 1. The van der Waals surface area contributed by atoms with Crippen molar-refractivity contribution >= 4 is 11.6 Å². The molecular formula is C13H16ClN3. The van der Waals surface area contributed by atoms with Crippen LogP contribution in [0.4, 0.5) is 0 Å². The van der Waals surface area contributed by atoms with Crippen molar-refractivity contribution in [3.8, 4) is 11.3 Å². The van der Waals surface area contributed by atoms with Gasteiger partial charge in [0, 0.05) is 25.6 Å². The van der Waals surface area contributed by atoms with Crippen molar-refractivity contribution in [3.05, 3.63) is 41.3 Å². The van der Waals surface area contributed by atoms with E-state index >= 15 is 0 Å². The van der Waals surface area contributed by atoms with Gasteiger partial charge in [0.15, 0.2) is 0 Å². The van der Waals surface area contributed by atoms with Gasteiger partial charge in [0.2, 0.25) is 0 Å². The lowest BCUT2D eigenvalue weighted by Gasteiger charge is -2.00. The molecule has 90 valence electrons. The van der Waals surface area contributed by atoms with Crippen molar-refractivity contribution in [2.45, 2.75) is 6.42 Å². The van der Waals surface area contributed by atoms with Crippen LogP contribution in [0.5, 0.6) is 0 Å². The molecule has 0 bridgehead atoms. The summed E-state index contributed by atoms with van der Waals surface area (Å²) in [6.07, 6.45) is 0.875. The van der Waals surface area contributed by atoms with Crippen LogP contribution in [0, 0.1) is 0 Å². The molecule has 0 fully saturated rings. The fourth-order valence-electron chi connectivity index (χ4n) is 1.76. The monoisotopic (exact) mass is 249 g/mol. The molecule has 1 N–H and O–H groups in total. The molecule has 0 aliphatic carbocycles. The van der Waals surface area contributed by atoms with Crippen LogP contribution in [-0.2, 0) is 13.5 Å². The molecule has 3 nitrogen and oxygen atoms in total. The van der Waals surface area contributed by atoms with Crippen LogP contribution in [0.15, 0.2) is 30.3 Å². The SMILES string of the molecule is CNCCc1nc(-c2ccccc2)c(Cl)n1C. The van der Waals surface area contributed by atoms with Crippen molar-refractivity contribution in [1.82, 2.24) is 14.9 Å². The summed E-state index contributed by atoms with van der Waals surface area (Å²) in [7, 11) is 3.88. The van der Waals surface area contributed by atoms with Crippen molar-refractivity contribution in [3.63, 3.8) is 0 Å². The first-order valence-electron chi connectivity index (χ1n) is 5.65. The van der Waals surface area contributed by atoms with Gasteiger partial charge >= 0.3 is 0 Å². The van der Waals surface area contributed by atoms with Crippen LogP contribution in [0.2, 0.25) is 5.15 Å². The van der Waals surface area contributed by atoms with Crippen LogP contribution >= 0.6 is 11.6 Å². The van der Waals surface area contributed by atoms with Crippen molar-refractivity contribution < 1.29 is 0 Å². The molecule has 0 saturated carbocycles. The highest BCUT2D eigenvalue weighted by Crippen LogP contribution is 2.27. The zero-order valence-corrected chi connectivity index (χ0v) is 10.8. The minimum absolute atomic E-state index is 0.697. The number of nitrogens with one attached hydrogen (secondary N) is 1. The standard InChI is InChI=1S/C13H16ClN3/c1-15-9-8-11-16-12(13(14)17(11)2)10-6-4-3-5-7-10/h3-7,15H,8-9H2,1-2H3. The fraction of sp³-hybridized carbons (Fsp3) is 0.308. The zero-order chi connectivity index (χ0) is 12.3. The van der Waals surface area contributed by atoms with E-state index in [9.17, 15) is 0 Å². The van der Waals surface area contributed by atoms with E-state index in [1.54, 1.807) is 0 Å². The van der Waals surface area contributed by atoms with E-state index in [0.29, 0.717) is 5.15 Å². The van der Waals surface area contributed by atoms with Gasteiger partial charge in [-0.3, -0.25) is 0 Å². The van der Waals surface area contributed by atoms with Crippen LogP contribution in [-0.4, -0.2) is 23.1 Å². The Balaban J connectivity index is 2.36. The summed E-state index contributed by atoms with van der Waals surface area (Å²) in [5.41, 5.74) is 1.92. The highest BCUT2D eigenvalue weighted by Gasteiger charge is 2.13. The molecular weight excluding hydrogens is 234 g/mol. The molecule has 0 radical (unpaired) electrons. The maximum absolute atomic E-state index is 6.31. The molecule has 0 unspecified atom stereocenters. The van der Waals surface area contributed by atoms with Gasteiger partial charge in [0.05, 0.1) is 0 Å². The normalized spacial score (nSPS) is 10.8. The maximum Gasteiger partial charge on any atom is 0.136 e. The molecule has 1 heterocycles. The lowest BCUT2D eigenvalue weighted by molar-refractivity contribution is 0.718. The van der Waals surface area contributed by atoms with Crippen LogP contribution < -0.4 is 5.32 Å². The first-order chi connectivity index (χ1) is 8.24. The lowest BCUT2D eigenvalue weighted by Crippen LogP contribution is -2.13. The second-order valence-corrected chi connectivity index (χ2v) is 4.30. The summed E-state index contributed by atoms with van der Waals surface area (Å²) in [6.45, 7) is 0.898. The molecule has 2 aromatic rings. The molecule has 0 saturated heterocycles. The Labute approximate surface area is 106 Å². The van der Waals surface area contributed by atoms with Gasteiger partial charge in [-0.05, 0) is 7.05 Å². The minimum atomic E-state index is 0.697. The molecule has 0 aliphatic rings. The van der Waals surface area contributed by atoms with E-state index in [-0.39, 0.29) is 0 Å². The summed E-state index contributed by atoms with van der Waals surface area (Å²) in [5.74, 6) is 1.00. The molecule has 0 amide bonds. The number of hydrogen-bond acceptors (Lipinski definition) is 2. The molecule has 1 aromatic heterocycles. The Hall–Kier alpha value is -1.32. The Kier molecular flexibility index (Phi) is 3.82. The third kappa shape index (κ3) is 2.51. The number of aromatic nitrogens is 2. The van der Waals surface area contributed by atoms with Gasteiger partial charge in [-0.2, -0.15) is 0 Å². The molecule has 0 aliphatic heterocycles. The average Bonchev–Trinajstić information content (AvgIpc) is 2.65. The number of likely N-dealkylation sites (N-methyl/N-ethyl adjacent to an activating group) is 1. The highest BCUT2D eigenvalue weighted by atomic mass is 35.5. The van der Waals surface area contributed by atoms with Crippen LogP contribution in [0.1, 0.15) is 5.82 Å². The summed E-state index contributed by atoms with van der Waals surface area (Å²) in [4.78, 5) is 4.61. The Bertz CT molecular complexity index is 491. The van der Waals surface area contributed by atoms with Gasteiger partial charge < -0.3 is 9.88 Å². The summed E-state index contributed by atoms with van der Waals surface area (Å²) in [5, 5.41) is 3.81. The van der Waals surface area contributed by atoms with Gasteiger partial charge in [-0.25, -0.2) is 4.98 Å². The van der Waals surface area contributed by atoms with Crippen LogP contribution in [0.25, 0.3) is 11.3 Å². The topological polar surface area (TPSA) is 29.9 Å². The summed E-state index contributed by atoms with van der Waals surface area (Å²) in [6, 6.07) is 10.0. The summed E-state index contributed by atoms with van der Waals surface area (Å²) < 4.78 is 1.95. The number of imidazole rings is 1. The first kappa shape index (κ1) is 12.1. The largest absolute Gasteiger partial charge is 0.322 e. The van der Waals surface area contributed by atoms with Gasteiger partial charge in [0.25, 0.3) is 0 Å². The Morgan fingerprint density at radius 1 is 1.29 bits per heavy atom. The maximum atomic E-state index is 6.31. The number of nitrogens with zero attached hydrogens (tertiary/aromatic N) is 2. The van der Waals surface area contributed by atoms with Gasteiger partial charge in [-0.1, -0.05) is 41.9 Å². The molecule has 1 aromatic carbocycles. The van der Waals surface area contributed by atoms with E-state index in [4.69, 9.17) is 11.6 Å². The van der Waals surface area contributed by atoms with E-state index < -0.39 is 0 Å². The van der Waals surface area contributed by atoms with E-state index in [0.717, 1.165) is 30.0 Å². The smallest absolute Gasteiger partial charge is 0.136 e. The first-order valence-corrected chi connectivity index (χ1v) is 6.03. The third-order valence-corrected chi connectivity index (χ3v) is 3.20. The third-order valence-electron chi connectivity index (χ3n) is 2.76. The van der Waals surface area contributed by atoms with Crippen molar-refractivity contribution in [1.29, 1.82) is 0 Å². The second-order valence-electron chi connectivity index (χ2n) is 3.95. The zero-order valence-electron chi connectivity index (χ0n) is 10.1. The predicted molar refractivity (Wildman–Crippen MR) is 71.3 cm³/mol.